The van der Waals surface area contributed by atoms with Crippen LogP contribution in [0.15, 0.2) is 5.51 Å². The Balaban J connectivity index is 2.17. The van der Waals surface area contributed by atoms with Gasteiger partial charge in [-0.1, -0.05) is 12.8 Å². The normalized spacial score (nSPS) is 17.9. The summed E-state index contributed by atoms with van der Waals surface area (Å²) in [6.45, 7) is 1.92. The van der Waals surface area contributed by atoms with Gasteiger partial charge in [-0.2, -0.15) is 0 Å². The average Bonchev–Trinajstić information content (AvgIpc) is 2.72. The minimum absolute atomic E-state index is 0.291. The van der Waals surface area contributed by atoms with Crippen LogP contribution >= 0.6 is 11.3 Å². The molecule has 1 saturated carbocycles. The van der Waals surface area contributed by atoms with E-state index >= 15 is 0 Å². The van der Waals surface area contributed by atoms with Gasteiger partial charge in [0.1, 0.15) is 0 Å². The lowest BCUT2D eigenvalue weighted by Gasteiger charge is -2.05. The smallest absolute Gasteiger partial charge is 0.177 e. The van der Waals surface area contributed by atoms with E-state index in [1.165, 1.54) is 24.2 Å². The van der Waals surface area contributed by atoms with E-state index in [0.717, 1.165) is 23.4 Å². The molecule has 0 unspecified atom stereocenters. The van der Waals surface area contributed by atoms with E-state index in [1.807, 2.05) is 6.92 Å². The van der Waals surface area contributed by atoms with Crippen LogP contribution in [-0.4, -0.2) is 10.8 Å². The molecule has 0 atom stereocenters. The van der Waals surface area contributed by atoms with Crippen LogP contribution in [-0.2, 0) is 0 Å². The van der Waals surface area contributed by atoms with Crippen LogP contribution in [0.1, 0.15) is 41.0 Å². The first-order chi connectivity index (χ1) is 6.29. The molecular weight excluding hydrogens is 182 g/mol. The second-order valence-electron chi connectivity index (χ2n) is 3.61. The van der Waals surface area contributed by atoms with E-state index in [4.69, 9.17) is 0 Å². The second-order valence-corrected chi connectivity index (χ2v) is 4.47. The third-order valence-electron chi connectivity index (χ3n) is 2.70. The van der Waals surface area contributed by atoms with Gasteiger partial charge >= 0.3 is 0 Å². The summed E-state index contributed by atoms with van der Waals surface area (Å²) in [6.07, 6.45) is 4.59. The molecule has 0 radical (unpaired) electrons. The zero-order valence-corrected chi connectivity index (χ0v) is 8.56. The molecule has 1 heterocycles. The molecule has 0 spiro atoms. The highest BCUT2D eigenvalue weighted by Crippen LogP contribution is 2.29. The lowest BCUT2D eigenvalue weighted by molar-refractivity contribution is 0.0926. The molecular formula is C10H13NOS. The van der Waals surface area contributed by atoms with E-state index in [1.54, 1.807) is 5.51 Å². The maximum Gasteiger partial charge on any atom is 0.177 e. The lowest BCUT2D eigenvalue weighted by atomic mass is 10.0. The molecule has 70 valence electrons. The number of nitrogens with zero attached hydrogens (tertiary/aromatic N) is 1. The van der Waals surface area contributed by atoms with Crippen LogP contribution in [0.2, 0.25) is 0 Å². The Labute approximate surface area is 82.0 Å². The molecule has 1 aliphatic rings. The maximum atomic E-state index is 11.9. The number of carbonyl (C=O) groups is 1. The minimum Gasteiger partial charge on any atom is -0.293 e. The Bertz CT molecular complexity index is 312. The van der Waals surface area contributed by atoms with E-state index in [0.29, 0.717) is 11.7 Å². The first kappa shape index (κ1) is 8.88. The summed E-state index contributed by atoms with van der Waals surface area (Å²) in [7, 11) is 0. The standard InChI is InChI=1S/C10H13NOS/c1-7-10(13-6-11-7)9(12)8-4-2-3-5-8/h6,8H,2-5H2,1H3. The monoisotopic (exact) mass is 195 g/mol. The third-order valence-corrected chi connectivity index (χ3v) is 3.64. The molecule has 0 amide bonds. The Morgan fingerprint density at radius 2 is 2.23 bits per heavy atom. The Hall–Kier alpha value is -0.700. The Morgan fingerprint density at radius 1 is 1.54 bits per heavy atom. The largest absolute Gasteiger partial charge is 0.293 e. The summed E-state index contributed by atoms with van der Waals surface area (Å²) in [5.74, 6) is 0.622. The van der Waals surface area contributed by atoms with E-state index in [2.05, 4.69) is 4.98 Å². The molecule has 0 N–H and O–H groups in total. The van der Waals surface area contributed by atoms with Gasteiger partial charge in [-0.05, 0) is 19.8 Å². The molecule has 2 rings (SSSR count). The topological polar surface area (TPSA) is 30.0 Å². The van der Waals surface area contributed by atoms with Gasteiger partial charge in [-0.25, -0.2) is 4.98 Å². The van der Waals surface area contributed by atoms with Crippen molar-refractivity contribution in [3.05, 3.63) is 16.1 Å². The minimum atomic E-state index is 0.291. The Kier molecular flexibility index (Phi) is 2.44. The van der Waals surface area contributed by atoms with Crippen molar-refractivity contribution in [1.82, 2.24) is 4.98 Å². The fourth-order valence-electron chi connectivity index (χ4n) is 1.91. The third kappa shape index (κ3) is 1.66. The molecule has 0 saturated heterocycles. The first-order valence-electron chi connectivity index (χ1n) is 4.73. The van der Waals surface area contributed by atoms with Crippen molar-refractivity contribution < 1.29 is 4.79 Å². The number of hydrogen-bond acceptors (Lipinski definition) is 3. The number of thiazole rings is 1. The van der Waals surface area contributed by atoms with Crippen molar-refractivity contribution in [3.63, 3.8) is 0 Å². The fourth-order valence-corrected chi connectivity index (χ4v) is 2.73. The predicted molar refractivity (Wildman–Crippen MR) is 53.1 cm³/mol. The van der Waals surface area contributed by atoms with Crippen molar-refractivity contribution in [3.8, 4) is 0 Å². The summed E-state index contributed by atoms with van der Waals surface area (Å²) in [6, 6.07) is 0. The zero-order valence-electron chi connectivity index (χ0n) is 7.75. The van der Waals surface area contributed by atoms with E-state index < -0.39 is 0 Å². The number of carbonyl (C=O) groups excluding carboxylic acids is 1. The summed E-state index contributed by atoms with van der Waals surface area (Å²) in [5, 5.41) is 0. The highest BCUT2D eigenvalue weighted by atomic mass is 32.1. The molecule has 0 bridgehead atoms. The quantitative estimate of drug-likeness (QED) is 0.679. The molecule has 2 nitrogen and oxygen atoms in total. The van der Waals surface area contributed by atoms with E-state index in [9.17, 15) is 4.79 Å². The number of ketones is 1. The number of aryl methyl sites for hydroxylation is 1. The SMILES string of the molecule is Cc1ncsc1C(=O)C1CCCC1. The van der Waals surface area contributed by atoms with E-state index in [-0.39, 0.29) is 0 Å². The summed E-state index contributed by atoms with van der Waals surface area (Å²) < 4.78 is 0. The van der Waals surface area contributed by atoms with Crippen molar-refractivity contribution in [2.45, 2.75) is 32.6 Å². The average molecular weight is 195 g/mol. The Morgan fingerprint density at radius 3 is 2.77 bits per heavy atom. The molecule has 1 fully saturated rings. The molecule has 13 heavy (non-hydrogen) atoms. The van der Waals surface area contributed by atoms with Crippen LogP contribution in [0.5, 0.6) is 0 Å². The molecule has 1 aromatic heterocycles. The van der Waals surface area contributed by atoms with Gasteiger partial charge in [-0.3, -0.25) is 4.79 Å². The van der Waals surface area contributed by atoms with Gasteiger partial charge in [0.05, 0.1) is 16.1 Å². The van der Waals surface area contributed by atoms with Crippen LogP contribution in [0.3, 0.4) is 0 Å². The van der Waals surface area contributed by atoms with Gasteiger partial charge in [-0.15, -0.1) is 11.3 Å². The molecule has 3 heteroatoms. The van der Waals surface area contributed by atoms with Crippen molar-refractivity contribution >= 4 is 17.1 Å². The highest BCUT2D eigenvalue weighted by molar-refractivity contribution is 7.11. The van der Waals surface area contributed by atoms with Gasteiger partial charge in [0.15, 0.2) is 5.78 Å². The molecule has 1 aromatic rings. The second kappa shape index (κ2) is 3.58. The zero-order chi connectivity index (χ0) is 9.26. The van der Waals surface area contributed by atoms with Crippen molar-refractivity contribution in [2.24, 2.45) is 5.92 Å². The molecule has 1 aliphatic carbocycles. The van der Waals surface area contributed by atoms with Gasteiger partial charge in [0.25, 0.3) is 0 Å². The summed E-state index contributed by atoms with van der Waals surface area (Å²) in [4.78, 5) is 16.9. The summed E-state index contributed by atoms with van der Waals surface area (Å²) in [5.41, 5.74) is 2.67. The van der Waals surface area contributed by atoms with Crippen molar-refractivity contribution in [1.29, 1.82) is 0 Å². The number of rotatable bonds is 2. The maximum absolute atomic E-state index is 11.9. The van der Waals surface area contributed by atoms with Crippen molar-refractivity contribution in [2.75, 3.05) is 0 Å². The number of aromatic nitrogens is 1. The van der Waals surface area contributed by atoms with Crippen LogP contribution in [0.25, 0.3) is 0 Å². The number of Topliss-reactive ketones (excluding diaryl/α,β-unsaturated/α-hetero) is 1. The fraction of sp³-hybridized carbons (Fsp3) is 0.600. The van der Waals surface area contributed by atoms with Gasteiger partial charge in [0.2, 0.25) is 0 Å². The molecule has 0 aromatic carbocycles. The summed E-state index contributed by atoms with van der Waals surface area (Å²) >= 11 is 1.48. The van der Waals surface area contributed by atoms with Crippen LogP contribution in [0, 0.1) is 12.8 Å². The lowest BCUT2D eigenvalue weighted by Crippen LogP contribution is -2.10. The number of hydrogen-bond donors (Lipinski definition) is 0. The molecule has 0 aliphatic heterocycles. The predicted octanol–water partition coefficient (Wildman–Crippen LogP) is 2.82. The highest BCUT2D eigenvalue weighted by Gasteiger charge is 2.25. The first-order valence-corrected chi connectivity index (χ1v) is 5.61. The van der Waals surface area contributed by atoms with Crippen LogP contribution in [0.4, 0.5) is 0 Å². The van der Waals surface area contributed by atoms with Crippen LogP contribution < -0.4 is 0 Å². The van der Waals surface area contributed by atoms with Gasteiger partial charge in [0, 0.05) is 5.92 Å². The van der Waals surface area contributed by atoms with Gasteiger partial charge < -0.3 is 0 Å².